The van der Waals surface area contributed by atoms with Gasteiger partial charge in [-0.1, -0.05) is 12.1 Å². The van der Waals surface area contributed by atoms with Crippen LogP contribution >= 0.6 is 0 Å². The van der Waals surface area contributed by atoms with Gasteiger partial charge in [-0.25, -0.2) is 0 Å². The van der Waals surface area contributed by atoms with Gasteiger partial charge in [-0.3, -0.25) is 4.79 Å². The van der Waals surface area contributed by atoms with Gasteiger partial charge in [0.15, 0.2) is 23.0 Å². The second-order valence-electron chi connectivity index (χ2n) is 6.49. The van der Waals surface area contributed by atoms with Crippen molar-refractivity contribution in [2.45, 2.75) is 13.8 Å². The Kier molecular flexibility index (Phi) is 4.80. The van der Waals surface area contributed by atoms with Crippen LogP contribution in [0.4, 0.5) is 17.2 Å². The predicted octanol–water partition coefficient (Wildman–Crippen LogP) is 3.86. The molecule has 0 spiro atoms. The van der Waals surface area contributed by atoms with Crippen molar-refractivity contribution in [2.24, 2.45) is 0 Å². The van der Waals surface area contributed by atoms with E-state index >= 15 is 0 Å². The molecule has 0 bridgehead atoms. The molecular weight excluding hydrogens is 356 g/mol. The molecule has 7 nitrogen and oxygen atoms in total. The molecular formula is C21H20N4O3. The summed E-state index contributed by atoms with van der Waals surface area (Å²) in [6, 6.07) is 14.6. The van der Waals surface area contributed by atoms with E-state index in [2.05, 4.69) is 33.8 Å². The van der Waals surface area contributed by atoms with Crippen LogP contribution in [0.1, 0.15) is 21.6 Å². The van der Waals surface area contributed by atoms with E-state index in [1.54, 1.807) is 30.3 Å². The van der Waals surface area contributed by atoms with E-state index in [9.17, 15) is 4.79 Å². The van der Waals surface area contributed by atoms with Crippen LogP contribution in [0.25, 0.3) is 0 Å². The number of nitrogens with one attached hydrogen (secondary N) is 2. The lowest BCUT2D eigenvalue weighted by Crippen LogP contribution is -2.17. The Morgan fingerprint density at radius 2 is 1.79 bits per heavy atom. The molecule has 0 saturated heterocycles. The predicted molar refractivity (Wildman–Crippen MR) is 107 cm³/mol. The van der Waals surface area contributed by atoms with Crippen LogP contribution in [0, 0.1) is 13.8 Å². The van der Waals surface area contributed by atoms with Crippen molar-refractivity contribution in [3.63, 3.8) is 0 Å². The van der Waals surface area contributed by atoms with Crippen LogP contribution in [0.2, 0.25) is 0 Å². The van der Waals surface area contributed by atoms with E-state index in [4.69, 9.17) is 9.47 Å². The smallest absolute Gasteiger partial charge is 0.276 e. The highest BCUT2D eigenvalue weighted by Crippen LogP contribution is 2.32. The lowest BCUT2D eigenvalue weighted by Gasteiger charge is -2.18. The van der Waals surface area contributed by atoms with Crippen molar-refractivity contribution >= 4 is 23.1 Å². The second-order valence-corrected chi connectivity index (χ2v) is 6.49. The third-order valence-electron chi connectivity index (χ3n) is 4.56. The molecule has 3 aromatic rings. The fourth-order valence-electron chi connectivity index (χ4n) is 2.86. The minimum absolute atomic E-state index is 0.224. The van der Waals surface area contributed by atoms with Crippen molar-refractivity contribution in [1.82, 2.24) is 10.2 Å². The van der Waals surface area contributed by atoms with Gasteiger partial charge in [-0.2, -0.15) is 0 Å². The number of fused-ring (bicyclic) bond motifs is 1. The number of nitrogens with zero attached hydrogens (tertiary/aromatic N) is 2. The third-order valence-corrected chi connectivity index (χ3v) is 4.56. The third kappa shape index (κ3) is 3.73. The molecule has 28 heavy (non-hydrogen) atoms. The van der Waals surface area contributed by atoms with E-state index in [0.717, 1.165) is 11.3 Å². The van der Waals surface area contributed by atoms with E-state index in [1.165, 1.54) is 5.56 Å². The lowest BCUT2D eigenvalue weighted by molar-refractivity contribution is 0.102. The fourth-order valence-corrected chi connectivity index (χ4v) is 2.86. The molecule has 0 aliphatic carbocycles. The lowest BCUT2D eigenvalue weighted by atomic mass is 10.1. The first-order valence-corrected chi connectivity index (χ1v) is 8.98. The highest BCUT2D eigenvalue weighted by atomic mass is 16.6. The molecule has 1 aliphatic heterocycles. The van der Waals surface area contributed by atoms with Crippen molar-refractivity contribution in [2.75, 3.05) is 23.8 Å². The normalized spacial score (nSPS) is 12.4. The maximum Gasteiger partial charge on any atom is 0.276 e. The highest BCUT2D eigenvalue weighted by Gasteiger charge is 2.14. The topological polar surface area (TPSA) is 85.4 Å². The Morgan fingerprint density at radius 3 is 2.57 bits per heavy atom. The first kappa shape index (κ1) is 17.8. The van der Waals surface area contributed by atoms with Gasteiger partial charge in [-0.05, 0) is 55.3 Å². The molecule has 1 aliphatic rings. The first-order valence-electron chi connectivity index (χ1n) is 8.98. The number of rotatable bonds is 4. The van der Waals surface area contributed by atoms with Gasteiger partial charge >= 0.3 is 0 Å². The largest absolute Gasteiger partial charge is 0.486 e. The Labute approximate surface area is 162 Å². The van der Waals surface area contributed by atoms with E-state index in [-0.39, 0.29) is 11.6 Å². The van der Waals surface area contributed by atoms with Crippen LogP contribution in [0.15, 0.2) is 48.5 Å². The van der Waals surface area contributed by atoms with Crippen LogP contribution in [-0.4, -0.2) is 29.3 Å². The number of aryl methyl sites for hydroxylation is 1. The number of hydrogen-bond acceptors (Lipinski definition) is 6. The van der Waals surface area contributed by atoms with Crippen molar-refractivity contribution in [3.05, 3.63) is 65.4 Å². The van der Waals surface area contributed by atoms with Crippen molar-refractivity contribution in [1.29, 1.82) is 0 Å². The fraction of sp³-hybridized carbons (Fsp3) is 0.190. The zero-order valence-corrected chi connectivity index (χ0v) is 15.7. The highest BCUT2D eigenvalue weighted by molar-refractivity contribution is 6.03. The standard InChI is InChI=1S/C21H20N4O3/c1-13-4-3-5-16(14(13)2)23-20-9-7-17(24-25-20)21(26)22-15-6-8-18-19(12-15)28-11-10-27-18/h3-9,12H,10-11H2,1-2H3,(H,22,26)(H,23,25). The van der Waals surface area contributed by atoms with Gasteiger partial charge in [-0.15, -0.1) is 10.2 Å². The number of benzene rings is 2. The molecule has 1 amide bonds. The Hall–Kier alpha value is -3.61. The van der Waals surface area contributed by atoms with E-state index in [0.29, 0.717) is 36.2 Å². The average Bonchev–Trinajstić information content (AvgIpc) is 2.72. The Morgan fingerprint density at radius 1 is 0.964 bits per heavy atom. The minimum atomic E-state index is -0.345. The SMILES string of the molecule is Cc1cccc(Nc2ccc(C(=O)Nc3ccc4c(c3)OCCO4)nn2)c1C. The summed E-state index contributed by atoms with van der Waals surface area (Å²) in [5.74, 6) is 1.51. The summed E-state index contributed by atoms with van der Waals surface area (Å²) in [4.78, 5) is 12.4. The number of carbonyl (C=O) groups excluding carboxylic acids is 1. The quantitative estimate of drug-likeness (QED) is 0.719. The Balaban J connectivity index is 1.45. The molecule has 0 unspecified atom stereocenters. The summed E-state index contributed by atoms with van der Waals surface area (Å²) in [5, 5.41) is 14.2. The number of aromatic nitrogens is 2. The van der Waals surface area contributed by atoms with Crippen LogP contribution in [0.5, 0.6) is 11.5 Å². The summed E-state index contributed by atoms with van der Waals surface area (Å²) in [7, 11) is 0. The summed E-state index contributed by atoms with van der Waals surface area (Å²) in [5.41, 5.74) is 4.12. The second kappa shape index (κ2) is 7.56. The number of hydrogen-bond donors (Lipinski definition) is 2. The summed E-state index contributed by atoms with van der Waals surface area (Å²) >= 11 is 0. The molecule has 4 rings (SSSR count). The van der Waals surface area contributed by atoms with Crippen LogP contribution in [-0.2, 0) is 0 Å². The summed E-state index contributed by atoms with van der Waals surface area (Å²) in [6.45, 7) is 5.11. The maximum absolute atomic E-state index is 12.4. The molecule has 0 atom stereocenters. The van der Waals surface area contributed by atoms with E-state index < -0.39 is 0 Å². The van der Waals surface area contributed by atoms with Crippen molar-refractivity contribution < 1.29 is 14.3 Å². The molecule has 0 saturated carbocycles. The van der Waals surface area contributed by atoms with Gasteiger partial charge in [0.2, 0.25) is 0 Å². The first-order chi connectivity index (χ1) is 13.6. The van der Waals surface area contributed by atoms with Gasteiger partial charge in [0.05, 0.1) is 0 Å². The molecule has 2 aromatic carbocycles. The number of ether oxygens (including phenoxy) is 2. The van der Waals surface area contributed by atoms with Crippen molar-refractivity contribution in [3.8, 4) is 11.5 Å². The molecule has 0 radical (unpaired) electrons. The zero-order valence-electron chi connectivity index (χ0n) is 15.7. The summed E-state index contributed by atoms with van der Waals surface area (Å²) in [6.07, 6.45) is 0. The number of carbonyl (C=O) groups is 1. The van der Waals surface area contributed by atoms with Gasteiger partial charge < -0.3 is 20.1 Å². The van der Waals surface area contributed by atoms with E-state index in [1.807, 2.05) is 19.1 Å². The molecule has 0 fully saturated rings. The molecule has 7 heteroatoms. The monoisotopic (exact) mass is 376 g/mol. The Bertz CT molecular complexity index is 1020. The molecule has 2 N–H and O–H groups in total. The van der Waals surface area contributed by atoms with Gasteiger partial charge in [0.25, 0.3) is 5.91 Å². The molecule has 2 heterocycles. The molecule has 1 aromatic heterocycles. The molecule has 142 valence electrons. The maximum atomic E-state index is 12.4. The summed E-state index contributed by atoms with van der Waals surface area (Å²) < 4.78 is 11.0. The van der Waals surface area contributed by atoms with Gasteiger partial charge in [0, 0.05) is 17.4 Å². The van der Waals surface area contributed by atoms with Crippen LogP contribution < -0.4 is 20.1 Å². The van der Waals surface area contributed by atoms with Gasteiger partial charge in [0.1, 0.15) is 13.2 Å². The van der Waals surface area contributed by atoms with Crippen LogP contribution in [0.3, 0.4) is 0 Å². The minimum Gasteiger partial charge on any atom is -0.486 e. The number of anilines is 3. The average molecular weight is 376 g/mol. The zero-order chi connectivity index (χ0) is 19.5. The number of amides is 1.